The van der Waals surface area contributed by atoms with Crippen LogP contribution in [-0.4, -0.2) is 54.4 Å². The first-order valence-corrected chi connectivity index (χ1v) is 10.2. The van der Waals surface area contributed by atoms with Gasteiger partial charge in [-0.2, -0.15) is 13.2 Å². The number of aromatic nitrogens is 3. The van der Waals surface area contributed by atoms with Gasteiger partial charge in [-0.05, 0) is 23.3 Å². The van der Waals surface area contributed by atoms with Crippen molar-refractivity contribution in [3.63, 3.8) is 0 Å². The molecule has 34 heavy (non-hydrogen) atoms. The SMILES string of the molecule is O=c1ccn([C@@H]2O[C@H](CO)C(O)C2O)c(=O)n1Cc1cc(-c2ccccc2)cc(C(F)(F)F)n1. The summed E-state index contributed by atoms with van der Waals surface area (Å²) in [5.74, 6) is 0. The van der Waals surface area contributed by atoms with E-state index in [0.717, 1.165) is 22.9 Å². The highest BCUT2D eigenvalue weighted by Crippen LogP contribution is 2.32. The van der Waals surface area contributed by atoms with Crippen LogP contribution < -0.4 is 11.2 Å². The van der Waals surface area contributed by atoms with Crippen LogP contribution in [-0.2, 0) is 17.5 Å². The van der Waals surface area contributed by atoms with Crippen LogP contribution in [0.15, 0.2) is 64.3 Å². The van der Waals surface area contributed by atoms with Gasteiger partial charge in [0.25, 0.3) is 5.56 Å². The van der Waals surface area contributed by atoms with Crippen molar-refractivity contribution in [2.24, 2.45) is 0 Å². The summed E-state index contributed by atoms with van der Waals surface area (Å²) in [6.07, 6.45) is -9.38. The van der Waals surface area contributed by atoms with Crippen LogP contribution in [0.4, 0.5) is 13.2 Å². The third kappa shape index (κ3) is 4.53. The second-order valence-corrected chi connectivity index (χ2v) is 7.76. The van der Waals surface area contributed by atoms with E-state index >= 15 is 0 Å². The summed E-state index contributed by atoms with van der Waals surface area (Å²) in [6, 6.07) is 11.4. The Hall–Kier alpha value is -3.32. The fraction of sp³-hybridized carbons (Fsp3) is 0.318. The summed E-state index contributed by atoms with van der Waals surface area (Å²) in [6.45, 7) is -1.21. The molecule has 1 aliphatic rings. The van der Waals surface area contributed by atoms with Gasteiger partial charge < -0.3 is 20.1 Å². The lowest BCUT2D eigenvalue weighted by Crippen LogP contribution is -2.43. The third-order valence-corrected chi connectivity index (χ3v) is 5.48. The molecule has 12 heteroatoms. The number of ether oxygens (including phenoxy) is 1. The van der Waals surface area contributed by atoms with Gasteiger partial charge in [-0.25, -0.2) is 9.78 Å². The van der Waals surface area contributed by atoms with Crippen LogP contribution in [0.3, 0.4) is 0 Å². The molecule has 9 nitrogen and oxygen atoms in total. The highest BCUT2D eigenvalue weighted by atomic mass is 19.4. The molecule has 0 aliphatic carbocycles. The normalized spacial score (nSPS) is 22.8. The number of nitrogens with zero attached hydrogens (tertiary/aromatic N) is 3. The molecule has 0 saturated carbocycles. The molecule has 4 atom stereocenters. The molecule has 0 spiro atoms. The van der Waals surface area contributed by atoms with E-state index in [1.807, 2.05) is 0 Å². The number of rotatable bonds is 5. The van der Waals surface area contributed by atoms with Gasteiger partial charge in [-0.1, -0.05) is 30.3 Å². The van der Waals surface area contributed by atoms with Gasteiger partial charge in [-0.3, -0.25) is 13.9 Å². The van der Waals surface area contributed by atoms with E-state index in [2.05, 4.69) is 4.98 Å². The zero-order chi connectivity index (χ0) is 24.6. The minimum atomic E-state index is -4.77. The lowest BCUT2D eigenvalue weighted by Gasteiger charge is -2.19. The van der Waals surface area contributed by atoms with Gasteiger partial charge in [0.05, 0.1) is 18.8 Å². The second-order valence-electron chi connectivity index (χ2n) is 7.76. The topological polar surface area (TPSA) is 127 Å². The van der Waals surface area contributed by atoms with Crippen LogP contribution >= 0.6 is 0 Å². The van der Waals surface area contributed by atoms with Crippen LogP contribution in [0.2, 0.25) is 0 Å². The molecule has 1 aliphatic heterocycles. The van der Waals surface area contributed by atoms with E-state index in [1.54, 1.807) is 30.3 Å². The Morgan fingerprint density at radius 2 is 1.71 bits per heavy atom. The quantitative estimate of drug-likeness (QED) is 0.493. The van der Waals surface area contributed by atoms with Gasteiger partial charge in [0.15, 0.2) is 6.23 Å². The molecule has 0 radical (unpaired) electrons. The fourth-order valence-electron chi connectivity index (χ4n) is 3.75. The summed E-state index contributed by atoms with van der Waals surface area (Å²) >= 11 is 0. The molecule has 1 saturated heterocycles. The number of aliphatic hydroxyl groups is 3. The summed E-state index contributed by atoms with van der Waals surface area (Å²) in [5, 5.41) is 29.4. The third-order valence-electron chi connectivity index (χ3n) is 5.48. The molecular weight excluding hydrogens is 459 g/mol. The minimum Gasteiger partial charge on any atom is -0.394 e. The average Bonchev–Trinajstić information content (AvgIpc) is 3.10. The van der Waals surface area contributed by atoms with Crippen LogP contribution in [0.25, 0.3) is 11.1 Å². The Kier molecular flexibility index (Phi) is 6.41. The number of halogens is 3. The predicted octanol–water partition coefficient (Wildman–Crippen LogP) is 0.751. The second kappa shape index (κ2) is 9.14. The van der Waals surface area contributed by atoms with Gasteiger partial charge >= 0.3 is 11.9 Å². The zero-order valence-electron chi connectivity index (χ0n) is 17.5. The molecule has 1 fully saturated rings. The summed E-state index contributed by atoms with van der Waals surface area (Å²) in [5.41, 5.74) is -2.49. The first-order valence-electron chi connectivity index (χ1n) is 10.2. The summed E-state index contributed by atoms with van der Waals surface area (Å²) < 4.78 is 47.3. The lowest BCUT2D eigenvalue weighted by atomic mass is 10.0. The van der Waals surface area contributed by atoms with E-state index in [-0.39, 0.29) is 11.3 Å². The van der Waals surface area contributed by atoms with E-state index in [9.17, 15) is 38.1 Å². The fourth-order valence-corrected chi connectivity index (χ4v) is 3.75. The van der Waals surface area contributed by atoms with E-state index < -0.39 is 60.8 Å². The Morgan fingerprint density at radius 1 is 1.00 bits per heavy atom. The first-order chi connectivity index (χ1) is 16.1. The van der Waals surface area contributed by atoms with Crippen molar-refractivity contribution in [3.05, 3.63) is 87.0 Å². The highest BCUT2D eigenvalue weighted by Gasteiger charge is 2.44. The van der Waals surface area contributed by atoms with E-state index in [1.165, 1.54) is 6.07 Å². The molecule has 2 unspecified atom stereocenters. The molecule has 0 bridgehead atoms. The molecule has 180 valence electrons. The number of aliphatic hydroxyl groups excluding tert-OH is 3. The van der Waals surface area contributed by atoms with Crippen molar-refractivity contribution in [2.45, 2.75) is 37.3 Å². The zero-order valence-corrected chi connectivity index (χ0v) is 17.5. The molecule has 0 amide bonds. The smallest absolute Gasteiger partial charge is 0.394 e. The monoisotopic (exact) mass is 479 g/mol. The standard InChI is InChI=1S/C22H20F3N3O6/c23-22(24,25)16-9-13(12-4-2-1-3-5-12)8-14(26-16)10-28-17(30)6-7-27(21(28)33)20-19(32)18(31)15(11-29)34-20/h1-9,15,18-20,29,31-32H,10-11H2/t15-,18?,19?,20-/m1/s1. The molecule has 1 aromatic carbocycles. The molecule has 3 N–H and O–H groups in total. The maximum atomic E-state index is 13.5. The van der Waals surface area contributed by atoms with E-state index in [4.69, 9.17) is 4.74 Å². The largest absolute Gasteiger partial charge is 0.433 e. The maximum absolute atomic E-state index is 13.5. The van der Waals surface area contributed by atoms with Crippen LogP contribution in [0.1, 0.15) is 17.6 Å². The highest BCUT2D eigenvalue weighted by molar-refractivity contribution is 5.64. The lowest BCUT2D eigenvalue weighted by molar-refractivity contribution is -0.141. The molecule has 2 aromatic heterocycles. The van der Waals surface area contributed by atoms with Gasteiger partial charge in [0.1, 0.15) is 24.0 Å². The van der Waals surface area contributed by atoms with Crippen molar-refractivity contribution in [1.29, 1.82) is 0 Å². The Morgan fingerprint density at radius 3 is 2.32 bits per heavy atom. The predicted molar refractivity (Wildman–Crippen MR) is 112 cm³/mol. The number of benzene rings is 1. The maximum Gasteiger partial charge on any atom is 0.433 e. The van der Waals surface area contributed by atoms with Crippen molar-refractivity contribution in [2.75, 3.05) is 6.61 Å². The molecule has 3 heterocycles. The molecule has 4 rings (SSSR count). The number of alkyl halides is 3. The van der Waals surface area contributed by atoms with Gasteiger partial charge in [0, 0.05) is 12.3 Å². The van der Waals surface area contributed by atoms with Crippen molar-refractivity contribution in [1.82, 2.24) is 14.1 Å². The summed E-state index contributed by atoms with van der Waals surface area (Å²) in [7, 11) is 0. The Labute approximate surface area is 189 Å². The minimum absolute atomic E-state index is 0.188. The first kappa shape index (κ1) is 23.8. The molecular formula is C22H20F3N3O6. The van der Waals surface area contributed by atoms with E-state index in [0.29, 0.717) is 10.1 Å². The Bertz CT molecular complexity index is 1290. The molecule has 3 aromatic rings. The van der Waals surface area contributed by atoms with Crippen LogP contribution in [0, 0.1) is 0 Å². The summed E-state index contributed by atoms with van der Waals surface area (Å²) in [4.78, 5) is 29.0. The van der Waals surface area contributed by atoms with Gasteiger partial charge in [-0.15, -0.1) is 0 Å². The number of hydrogen-bond acceptors (Lipinski definition) is 7. The number of hydrogen-bond donors (Lipinski definition) is 3. The average molecular weight is 479 g/mol. The van der Waals surface area contributed by atoms with Crippen molar-refractivity contribution in [3.8, 4) is 11.1 Å². The van der Waals surface area contributed by atoms with Crippen LogP contribution in [0.5, 0.6) is 0 Å². The number of pyridine rings is 1. The van der Waals surface area contributed by atoms with Gasteiger partial charge in [0.2, 0.25) is 0 Å². The van der Waals surface area contributed by atoms with Crippen molar-refractivity contribution < 1.29 is 33.2 Å². The van der Waals surface area contributed by atoms with Crippen molar-refractivity contribution >= 4 is 0 Å². The Balaban J connectivity index is 1.77.